The lowest BCUT2D eigenvalue weighted by Gasteiger charge is -2.13. The molecule has 0 fully saturated rings. The average Bonchev–Trinajstić information content (AvgIpc) is 2.42. The minimum atomic E-state index is -1.06. The number of aryl methyl sites for hydroxylation is 2. The number of rotatable bonds is 4. The summed E-state index contributed by atoms with van der Waals surface area (Å²) in [6.07, 6.45) is 1.54. The number of carbonyl (C=O) groups is 1. The van der Waals surface area contributed by atoms with Crippen molar-refractivity contribution < 1.29 is 9.90 Å². The predicted octanol–water partition coefficient (Wildman–Crippen LogP) is 3.66. The molecule has 5 nitrogen and oxygen atoms in total. The lowest BCUT2D eigenvalue weighted by atomic mass is 10.1. The first-order valence-corrected chi connectivity index (χ1v) is 6.83. The summed E-state index contributed by atoms with van der Waals surface area (Å²) >= 11 is 0. The summed E-state index contributed by atoms with van der Waals surface area (Å²) in [5.74, 6) is -0.455. The van der Waals surface area contributed by atoms with Crippen molar-refractivity contribution in [1.82, 2.24) is 9.97 Å². The van der Waals surface area contributed by atoms with Crippen molar-refractivity contribution in [3.63, 3.8) is 0 Å². The van der Waals surface area contributed by atoms with Gasteiger partial charge < -0.3 is 10.4 Å². The zero-order chi connectivity index (χ0) is 15.6. The first-order chi connectivity index (χ1) is 9.88. The predicted molar refractivity (Wildman–Crippen MR) is 82.3 cm³/mol. The van der Waals surface area contributed by atoms with E-state index in [1.54, 1.807) is 0 Å². The van der Waals surface area contributed by atoms with E-state index >= 15 is 0 Å². The van der Waals surface area contributed by atoms with E-state index in [4.69, 9.17) is 0 Å². The van der Waals surface area contributed by atoms with E-state index in [0.717, 1.165) is 16.8 Å². The van der Waals surface area contributed by atoms with Crippen molar-refractivity contribution in [2.75, 3.05) is 5.32 Å². The number of carboxylic acids is 1. The number of nitrogens with one attached hydrogen (secondary N) is 1. The van der Waals surface area contributed by atoms with Crippen LogP contribution in [0.3, 0.4) is 0 Å². The summed E-state index contributed by atoms with van der Waals surface area (Å²) in [7, 11) is 0. The van der Waals surface area contributed by atoms with Gasteiger partial charge in [-0.05, 0) is 31.0 Å². The van der Waals surface area contributed by atoms with Crippen molar-refractivity contribution >= 4 is 17.3 Å². The number of aromatic carboxylic acids is 1. The Hall–Kier alpha value is -2.43. The Morgan fingerprint density at radius 2 is 1.95 bits per heavy atom. The molecule has 0 spiro atoms. The molecule has 0 unspecified atom stereocenters. The molecule has 5 heteroatoms. The molecule has 0 saturated heterocycles. The summed E-state index contributed by atoms with van der Waals surface area (Å²) in [4.78, 5) is 19.8. The molecule has 0 bridgehead atoms. The number of carboxylic acid groups (broad SMARTS) is 1. The largest absolute Gasteiger partial charge is 0.476 e. The summed E-state index contributed by atoms with van der Waals surface area (Å²) in [5, 5.41) is 12.5. The molecule has 0 aliphatic heterocycles. The molecule has 1 aromatic carbocycles. The van der Waals surface area contributed by atoms with Crippen molar-refractivity contribution in [2.45, 2.75) is 33.6 Å². The second-order valence-corrected chi connectivity index (χ2v) is 5.39. The zero-order valence-electron chi connectivity index (χ0n) is 12.6. The van der Waals surface area contributed by atoms with E-state index in [9.17, 15) is 9.90 Å². The van der Waals surface area contributed by atoms with Gasteiger partial charge in [0.05, 0.1) is 11.9 Å². The first-order valence-electron chi connectivity index (χ1n) is 6.83. The molecule has 0 aliphatic carbocycles. The quantitative estimate of drug-likeness (QED) is 0.896. The highest BCUT2D eigenvalue weighted by Gasteiger charge is 2.16. The summed E-state index contributed by atoms with van der Waals surface area (Å²) < 4.78 is 0. The summed E-state index contributed by atoms with van der Waals surface area (Å²) in [6, 6.07) is 5.97. The fraction of sp³-hybridized carbons (Fsp3) is 0.312. The molecule has 0 aliphatic rings. The molecule has 0 amide bonds. The Morgan fingerprint density at radius 1 is 1.24 bits per heavy atom. The Labute approximate surface area is 124 Å². The molecule has 0 atom stereocenters. The van der Waals surface area contributed by atoms with Crippen LogP contribution in [-0.4, -0.2) is 21.0 Å². The van der Waals surface area contributed by atoms with Gasteiger partial charge >= 0.3 is 5.97 Å². The Kier molecular flexibility index (Phi) is 4.21. The number of nitrogens with zero attached hydrogens (tertiary/aromatic N) is 2. The van der Waals surface area contributed by atoms with Gasteiger partial charge in [-0.3, -0.25) is 0 Å². The van der Waals surface area contributed by atoms with Crippen LogP contribution in [0.5, 0.6) is 0 Å². The number of hydrogen-bond donors (Lipinski definition) is 2. The van der Waals surface area contributed by atoms with E-state index in [1.165, 1.54) is 6.20 Å². The number of aromatic nitrogens is 2. The molecule has 0 radical (unpaired) electrons. The maximum atomic E-state index is 11.4. The lowest BCUT2D eigenvalue weighted by Crippen LogP contribution is -2.10. The fourth-order valence-corrected chi connectivity index (χ4v) is 1.94. The third-order valence-electron chi connectivity index (χ3n) is 3.19. The summed E-state index contributed by atoms with van der Waals surface area (Å²) in [5.41, 5.74) is 3.39. The molecule has 2 N–H and O–H groups in total. The Balaban J connectivity index is 2.44. The van der Waals surface area contributed by atoms with Gasteiger partial charge in [0.15, 0.2) is 5.69 Å². The minimum Gasteiger partial charge on any atom is -0.476 e. The van der Waals surface area contributed by atoms with E-state index < -0.39 is 5.97 Å². The average molecular weight is 285 g/mol. The van der Waals surface area contributed by atoms with E-state index in [-0.39, 0.29) is 11.6 Å². The highest BCUT2D eigenvalue weighted by Crippen LogP contribution is 2.24. The van der Waals surface area contributed by atoms with Gasteiger partial charge in [-0.2, -0.15) is 0 Å². The van der Waals surface area contributed by atoms with Crippen LogP contribution in [0.15, 0.2) is 24.4 Å². The Morgan fingerprint density at radius 3 is 2.57 bits per heavy atom. The zero-order valence-corrected chi connectivity index (χ0v) is 12.6. The van der Waals surface area contributed by atoms with E-state index in [1.807, 2.05) is 45.9 Å². The van der Waals surface area contributed by atoms with E-state index in [0.29, 0.717) is 11.5 Å². The third kappa shape index (κ3) is 3.37. The highest BCUT2D eigenvalue weighted by molar-refractivity contribution is 5.92. The van der Waals surface area contributed by atoms with Crippen molar-refractivity contribution in [3.05, 3.63) is 47.0 Å². The molecule has 1 aromatic heterocycles. The van der Waals surface area contributed by atoms with Crippen LogP contribution < -0.4 is 5.32 Å². The number of anilines is 2. The van der Waals surface area contributed by atoms with Gasteiger partial charge in [-0.1, -0.05) is 26.0 Å². The fourth-order valence-electron chi connectivity index (χ4n) is 1.94. The van der Waals surface area contributed by atoms with Crippen molar-refractivity contribution in [3.8, 4) is 0 Å². The lowest BCUT2D eigenvalue weighted by molar-refractivity contribution is 0.0691. The maximum absolute atomic E-state index is 11.4. The van der Waals surface area contributed by atoms with Gasteiger partial charge in [0, 0.05) is 11.6 Å². The van der Waals surface area contributed by atoms with Crippen LogP contribution in [-0.2, 0) is 0 Å². The van der Waals surface area contributed by atoms with Crippen molar-refractivity contribution in [1.29, 1.82) is 0 Å². The molecule has 1 heterocycles. The number of benzene rings is 1. The van der Waals surface area contributed by atoms with Gasteiger partial charge in [-0.25, -0.2) is 14.8 Å². The van der Waals surface area contributed by atoms with Crippen LogP contribution in [0.2, 0.25) is 0 Å². The van der Waals surface area contributed by atoms with Gasteiger partial charge in [-0.15, -0.1) is 0 Å². The van der Waals surface area contributed by atoms with Crippen LogP contribution >= 0.6 is 0 Å². The molecular weight excluding hydrogens is 266 g/mol. The van der Waals surface area contributed by atoms with Crippen LogP contribution in [0.25, 0.3) is 0 Å². The Bertz CT molecular complexity index is 681. The molecular formula is C16H19N3O2. The molecule has 2 aromatic rings. The standard InChI is InChI=1S/C16H19N3O2/c1-9(2)15-17-8-13(14(19-15)16(20)21)18-12-7-10(3)5-6-11(12)4/h5-9,18H,1-4H3,(H,20,21). The molecule has 0 saturated carbocycles. The van der Waals surface area contributed by atoms with Crippen LogP contribution in [0.4, 0.5) is 11.4 Å². The second kappa shape index (κ2) is 5.91. The third-order valence-corrected chi connectivity index (χ3v) is 3.19. The van der Waals surface area contributed by atoms with Gasteiger partial charge in [0.1, 0.15) is 5.82 Å². The van der Waals surface area contributed by atoms with Gasteiger partial charge in [0.25, 0.3) is 0 Å². The molecule has 2 rings (SSSR count). The topological polar surface area (TPSA) is 75.1 Å². The second-order valence-electron chi connectivity index (χ2n) is 5.39. The van der Waals surface area contributed by atoms with E-state index in [2.05, 4.69) is 15.3 Å². The number of hydrogen-bond acceptors (Lipinski definition) is 4. The minimum absolute atomic E-state index is 0.00499. The first kappa shape index (κ1) is 15.0. The van der Waals surface area contributed by atoms with Crippen LogP contribution in [0, 0.1) is 13.8 Å². The smallest absolute Gasteiger partial charge is 0.356 e. The van der Waals surface area contributed by atoms with Crippen LogP contribution in [0.1, 0.15) is 47.2 Å². The highest BCUT2D eigenvalue weighted by atomic mass is 16.4. The monoisotopic (exact) mass is 285 g/mol. The molecule has 21 heavy (non-hydrogen) atoms. The molecule has 110 valence electrons. The normalized spacial score (nSPS) is 10.7. The SMILES string of the molecule is Cc1ccc(C)c(Nc2cnc(C(C)C)nc2C(=O)O)c1. The summed E-state index contributed by atoms with van der Waals surface area (Å²) in [6.45, 7) is 7.81. The van der Waals surface area contributed by atoms with Crippen molar-refractivity contribution in [2.24, 2.45) is 0 Å². The van der Waals surface area contributed by atoms with Gasteiger partial charge in [0.2, 0.25) is 0 Å². The maximum Gasteiger partial charge on any atom is 0.356 e.